The summed E-state index contributed by atoms with van der Waals surface area (Å²) in [5, 5.41) is 12.3. The van der Waals surface area contributed by atoms with Crippen LogP contribution in [0.3, 0.4) is 0 Å². The van der Waals surface area contributed by atoms with Crippen molar-refractivity contribution in [1.29, 1.82) is 0 Å². The molecule has 1 heterocycles. The molecule has 5 rings (SSSR count). The first-order valence-corrected chi connectivity index (χ1v) is 12.6. The first kappa shape index (κ1) is 23.4. The third kappa shape index (κ3) is 4.64. The van der Waals surface area contributed by atoms with Gasteiger partial charge in [0.05, 0.1) is 5.92 Å². The van der Waals surface area contributed by atoms with E-state index in [0.717, 1.165) is 19.3 Å². The fourth-order valence-electron chi connectivity index (χ4n) is 6.02. The van der Waals surface area contributed by atoms with Crippen molar-refractivity contribution in [3.05, 3.63) is 59.7 Å². The van der Waals surface area contributed by atoms with Crippen LogP contribution in [-0.4, -0.2) is 53.2 Å². The van der Waals surface area contributed by atoms with Gasteiger partial charge in [0.15, 0.2) is 0 Å². The summed E-state index contributed by atoms with van der Waals surface area (Å²) in [6.07, 6.45) is 2.80. The Hall–Kier alpha value is -3.35. The van der Waals surface area contributed by atoms with Gasteiger partial charge in [0.1, 0.15) is 6.61 Å². The van der Waals surface area contributed by atoms with Crippen LogP contribution in [0.2, 0.25) is 0 Å². The zero-order chi connectivity index (χ0) is 24.5. The van der Waals surface area contributed by atoms with E-state index in [1.165, 1.54) is 22.3 Å². The van der Waals surface area contributed by atoms with Gasteiger partial charge < -0.3 is 20.1 Å². The molecule has 0 bridgehead atoms. The average molecular weight is 477 g/mol. The Morgan fingerprint density at radius 2 is 1.66 bits per heavy atom. The number of hydrogen-bond donors (Lipinski definition) is 2. The molecule has 2 aromatic carbocycles. The van der Waals surface area contributed by atoms with E-state index in [4.69, 9.17) is 4.74 Å². The summed E-state index contributed by atoms with van der Waals surface area (Å²) in [6, 6.07) is 16.2. The number of aliphatic carboxylic acids is 1. The molecule has 1 saturated carbocycles. The van der Waals surface area contributed by atoms with Gasteiger partial charge in [0, 0.05) is 31.0 Å². The van der Waals surface area contributed by atoms with Crippen LogP contribution in [0.25, 0.3) is 11.1 Å². The highest BCUT2D eigenvalue weighted by molar-refractivity contribution is 5.80. The minimum Gasteiger partial charge on any atom is -0.481 e. The van der Waals surface area contributed by atoms with Crippen molar-refractivity contribution < 1.29 is 24.2 Å². The summed E-state index contributed by atoms with van der Waals surface area (Å²) < 4.78 is 5.63. The predicted molar refractivity (Wildman–Crippen MR) is 131 cm³/mol. The van der Waals surface area contributed by atoms with Gasteiger partial charge in [-0.25, -0.2) is 4.79 Å². The quantitative estimate of drug-likeness (QED) is 0.644. The van der Waals surface area contributed by atoms with Crippen molar-refractivity contribution in [3.8, 4) is 11.1 Å². The van der Waals surface area contributed by atoms with Crippen LogP contribution in [0.4, 0.5) is 4.79 Å². The molecule has 3 aliphatic rings. The molecule has 0 spiro atoms. The molecular formula is C28H32N2O5. The summed E-state index contributed by atoms with van der Waals surface area (Å²) >= 11 is 0. The van der Waals surface area contributed by atoms with Crippen LogP contribution in [0.1, 0.15) is 56.1 Å². The first-order chi connectivity index (χ1) is 16.9. The number of hydrogen-bond acceptors (Lipinski definition) is 4. The van der Waals surface area contributed by atoms with Crippen molar-refractivity contribution in [2.75, 3.05) is 13.2 Å². The molecule has 0 radical (unpaired) electrons. The molecule has 2 amide bonds. The molecule has 7 nitrogen and oxygen atoms in total. The normalized spacial score (nSPS) is 25.2. The van der Waals surface area contributed by atoms with E-state index in [0.29, 0.717) is 19.4 Å². The topological polar surface area (TPSA) is 95.9 Å². The second-order valence-corrected chi connectivity index (χ2v) is 10.1. The average Bonchev–Trinajstić information content (AvgIpc) is 3.15. The lowest BCUT2D eigenvalue weighted by Crippen LogP contribution is -2.51. The maximum absolute atomic E-state index is 12.8. The molecule has 2 N–H and O–H groups in total. The molecule has 2 atom stereocenters. The molecule has 35 heavy (non-hydrogen) atoms. The number of carboxylic acid groups (broad SMARTS) is 1. The maximum Gasteiger partial charge on any atom is 0.407 e. The third-order valence-corrected chi connectivity index (χ3v) is 7.99. The molecule has 184 valence electrons. The molecule has 2 fully saturated rings. The number of benzene rings is 2. The molecule has 7 heteroatoms. The fourth-order valence-corrected chi connectivity index (χ4v) is 6.02. The Morgan fingerprint density at radius 3 is 2.29 bits per heavy atom. The first-order valence-electron chi connectivity index (χ1n) is 12.6. The number of nitrogens with zero attached hydrogens (tertiary/aromatic N) is 1. The summed E-state index contributed by atoms with van der Waals surface area (Å²) in [6.45, 7) is 2.74. The zero-order valence-electron chi connectivity index (χ0n) is 20.0. The fraction of sp³-hybridized carbons (Fsp3) is 0.464. The van der Waals surface area contributed by atoms with Crippen LogP contribution in [0, 0.1) is 11.8 Å². The highest BCUT2D eigenvalue weighted by atomic mass is 16.5. The number of alkyl carbamates (subject to hydrolysis) is 1. The molecule has 0 aromatic heterocycles. The van der Waals surface area contributed by atoms with Gasteiger partial charge in [-0.3, -0.25) is 9.59 Å². The van der Waals surface area contributed by atoms with Gasteiger partial charge in [-0.1, -0.05) is 48.5 Å². The SMILES string of the molecule is C[C@H]1[C@@H](C(=O)O)CCCN1C(=O)CC1CC(NC(=O)OCC2c3ccccc3-c3ccccc32)C1. The van der Waals surface area contributed by atoms with Gasteiger partial charge >= 0.3 is 12.1 Å². The van der Waals surface area contributed by atoms with Crippen molar-refractivity contribution in [2.24, 2.45) is 11.8 Å². The Labute approximate surface area is 205 Å². The number of carbonyl (C=O) groups excluding carboxylic acids is 2. The molecule has 1 saturated heterocycles. The van der Waals surface area contributed by atoms with Crippen LogP contribution in [0.15, 0.2) is 48.5 Å². The Kier molecular flexibility index (Phi) is 6.50. The lowest BCUT2D eigenvalue weighted by molar-refractivity contribution is -0.149. The van der Waals surface area contributed by atoms with Crippen LogP contribution in [0.5, 0.6) is 0 Å². The van der Waals surface area contributed by atoms with Gasteiger partial charge in [0.25, 0.3) is 0 Å². The number of ether oxygens (including phenoxy) is 1. The lowest BCUT2D eigenvalue weighted by atomic mass is 9.77. The Morgan fingerprint density at radius 1 is 1.03 bits per heavy atom. The van der Waals surface area contributed by atoms with Crippen molar-refractivity contribution in [3.63, 3.8) is 0 Å². The van der Waals surface area contributed by atoms with Crippen LogP contribution >= 0.6 is 0 Å². The minimum atomic E-state index is -0.828. The second-order valence-electron chi connectivity index (χ2n) is 10.1. The van der Waals surface area contributed by atoms with E-state index >= 15 is 0 Å². The summed E-state index contributed by atoms with van der Waals surface area (Å²) in [4.78, 5) is 38.4. The van der Waals surface area contributed by atoms with Gasteiger partial charge in [0.2, 0.25) is 5.91 Å². The summed E-state index contributed by atoms with van der Waals surface area (Å²) in [5.41, 5.74) is 4.75. The van der Waals surface area contributed by atoms with E-state index in [1.54, 1.807) is 4.90 Å². The number of nitrogens with one attached hydrogen (secondary N) is 1. The Bertz CT molecular complexity index is 1080. The van der Waals surface area contributed by atoms with Crippen molar-refractivity contribution in [1.82, 2.24) is 10.2 Å². The largest absolute Gasteiger partial charge is 0.481 e. The molecule has 0 unspecified atom stereocenters. The van der Waals surface area contributed by atoms with E-state index in [-0.39, 0.29) is 36.4 Å². The number of piperidine rings is 1. The number of carbonyl (C=O) groups is 3. The van der Waals surface area contributed by atoms with Gasteiger partial charge in [-0.05, 0) is 60.8 Å². The lowest BCUT2D eigenvalue weighted by Gasteiger charge is -2.40. The van der Waals surface area contributed by atoms with Crippen molar-refractivity contribution >= 4 is 18.0 Å². The van der Waals surface area contributed by atoms with E-state index < -0.39 is 18.0 Å². The van der Waals surface area contributed by atoms with Crippen LogP contribution in [-0.2, 0) is 14.3 Å². The monoisotopic (exact) mass is 476 g/mol. The zero-order valence-corrected chi connectivity index (χ0v) is 20.0. The number of rotatable bonds is 6. The van der Waals surface area contributed by atoms with E-state index in [1.807, 2.05) is 31.2 Å². The standard InChI is InChI=1S/C28H32N2O5/c1-17-20(27(32)33)11-6-12-30(17)26(31)15-18-13-19(14-18)29-28(34)35-16-25-23-9-4-2-7-21(23)22-8-3-5-10-24(22)25/h2-5,7-10,17-20,25H,6,11-16H2,1H3,(H,29,34)(H,32,33)/t17-,18?,19?,20-/m0/s1. The van der Waals surface area contributed by atoms with Crippen molar-refractivity contribution in [2.45, 2.75) is 57.0 Å². The summed E-state index contributed by atoms with van der Waals surface area (Å²) in [5.74, 6) is -1.06. The Balaban J connectivity index is 1.08. The van der Waals surface area contributed by atoms with Crippen LogP contribution < -0.4 is 5.32 Å². The number of amides is 2. The highest BCUT2D eigenvalue weighted by Gasteiger charge is 2.38. The smallest absolute Gasteiger partial charge is 0.407 e. The number of fused-ring (bicyclic) bond motifs is 3. The summed E-state index contributed by atoms with van der Waals surface area (Å²) in [7, 11) is 0. The highest BCUT2D eigenvalue weighted by Crippen LogP contribution is 2.44. The molecule has 2 aliphatic carbocycles. The molecular weight excluding hydrogens is 444 g/mol. The van der Waals surface area contributed by atoms with E-state index in [9.17, 15) is 19.5 Å². The molecule has 2 aromatic rings. The second kappa shape index (κ2) is 9.72. The number of likely N-dealkylation sites (tertiary alicyclic amines) is 1. The number of carboxylic acids is 1. The van der Waals surface area contributed by atoms with Gasteiger partial charge in [-0.15, -0.1) is 0 Å². The third-order valence-electron chi connectivity index (χ3n) is 7.99. The van der Waals surface area contributed by atoms with E-state index in [2.05, 4.69) is 29.6 Å². The molecule has 1 aliphatic heterocycles. The predicted octanol–water partition coefficient (Wildman–Crippen LogP) is 4.41. The minimum absolute atomic E-state index is 0.00833. The maximum atomic E-state index is 12.8. The van der Waals surface area contributed by atoms with Gasteiger partial charge in [-0.2, -0.15) is 0 Å².